The molecule has 1 rings (SSSR count). The highest BCUT2D eigenvalue weighted by atomic mass is 79.9. The molecule has 0 unspecified atom stereocenters. The van der Waals surface area contributed by atoms with E-state index in [4.69, 9.17) is 10.00 Å². The highest BCUT2D eigenvalue weighted by Gasteiger charge is 2.12. The van der Waals surface area contributed by atoms with Crippen LogP contribution in [0.3, 0.4) is 0 Å². The summed E-state index contributed by atoms with van der Waals surface area (Å²) in [5.74, 6) is -0.159. The van der Waals surface area contributed by atoms with Crippen LogP contribution in [0.5, 0.6) is 11.5 Å². The van der Waals surface area contributed by atoms with Crippen LogP contribution in [-0.2, 0) is 4.79 Å². The standard InChI is InChI=1S/C15H17BrN2O3/c1-4-21-13-7-10(6-12(16)14(13)19)5-11(8-17)15(20)18-9(2)3/h5-7,9,19H,4H2,1-3H3,(H,18,20). The minimum absolute atomic E-state index is 0.0104. The van der Waals surface area contributed by atoms with E-state index in [9.17, 15) is 9.90 Å². The lowest BCUT2D eigenvalue weighted by Crippen LogP contribution is -2.30. The van der Waals surface area contributed by atoms with E-state index < -0.39 is 5.91 Å². The van der Waals surface area contributed by atoms with Crippen LogP contribution in [0.15, 0.2) is 22.2 Å². The highest BCUT2D eigenvalue weighted by molar-refractivity contribution is 9.10. The molecule has 5 nitrogen and oxygen atoms in total. The van der Waals surface area contributed by atoms with E-state index in [1.165, 1.54) is 6.08 Å². The predicted octanol–water partition coefficient (Wildman–Crippen LogP) is 2.98. The van der Waals surface area contributed by atoms with Gasteiger partial charge in [-0.2, -0.15) is 5.26 Å². The lowest BCUT2D eigenvalue weighted by Gasteiger charge is -2.10. The number of carbonyl (C=O) groups is 1. The number of aromatic hydroxyl groups is 1. The second-order valence-corrected chi connectivity index (χ2v) is 5.43. The summed E-state index contributed by atoms with van der Waals surface area (Å²) in [6.07, 6.45) is 1.45. The largest absolute Gasteiger partial charge is 0.503 e. The fraction of sp³-hybridized carbons (Fsp3) is 0.333. The Bertz CT molecular complexity index is 604. The number of nitrogens with one attached hydrogen (secondary N) is 1. The number of halogens is 1. The van der Waals surface area contributed by atoms with Gasteiger partial charge in [-0.05, 0) is 60.5 Å². The van der Waals surface area contributed by atoms with Crippen LogP contribution < -0.4 is 10.1 Å². The number of hydrogen-bond acceptors (Lipinski definition) is 4. The Morgan fingerprint density at radius 1 is 1.57 bits per heavy atom. The molecule has 1 aromatic rings. The summed E-state index contributed by atoms with van der Waals surface area (Å²) in [7, 11) is 0. The molecule has 0 aliphatic heterocycles. The number of phenols is 1. The minimum atomic E-state index is -0.436. The number of nitrogens with zero attached hydrogens (tertiary/aromatic N) is 1. The molecule has 0 saturated heterocycles. The van der Waals surface area contributed by atoms with Crippen molar-refractivity contribution in [2.24, 2.45) is 0 Å². The number of amides is 1. The van der Waals surface area contributed by atoms with E-state index in [1.807, 2.05) is 19.9 Å². The van der Waals surface area contributed by atoms with Crippen molar-refractivity contribution >= 4 is 27.9 Å². The quantitative estimate of drug-likeness (QED) is 0.630. The number of nitriles is 1. The average Bonchev–Trinajstić information content (AvgIpc) is 2.40. The predicted molar refractivity (Wildman–Crippen MR) is 83.8 cm³/mol. The number of carbonyl (C=O) groups excluding carboxylic acids is 1. The van der Waals surface area contributed by atoms with Gasteiger partial charge in [-0.25, -0.2) is 0 Å². The van der Waals surface area contributed by atoms with Gasteiger partial charge in [0.15, 0.2) is 11.5 Å². The molecule has 21 heavy (non-hydrogen) atoms. The molecule has 0 heterocycles. The molecule has 1 aromatic carbocycles. The fourth-order valence-electron chi connectivity index (χ4n) is 1.60. The van der Waals surface area contributed by atoms with Gasteiger partial charge >= 0.3 is 0 Å². The van der Waals surface area contributed by atoms with Gasteiger partial charge in [0.2, 0.25) is 0 Å². The Morgan fingerprint density at radius 3 is 2.76 bits per heavy atom. The van der Waals surface area contributed by atoms with Crippen molar-refractivity contribution in [1.29, 1.82) is 5.26 Å². The van der Waals surface area contributed by atoms with Crippen LogP contribution in [0.25, 0.3) is 6.08 Å². The van der Waals surface area contributed by atoms with Crippen molar-refractivity contribution in [3.63, 3.8) is 0 Å². The van der Waals surface area contributed by atoms with Gasteiger partial charge in [0.05, 0.1) is 11.1 Å². The zero-order chi connectivity index (χ0) is 16.0. The lowest BCUT2D eigenvalue weighted by molar-refractivity contribution is -0.117. The number of benzene rings is 1. The second kappa shape index (κ2) is 7.70. The SMILES string of the molecule is CCOc1cc(C=C(C#N)C(=O)NC(C)C)cc(Br)c1O. The first-order valence-electron chi connectivity index (χ1n) is 6.47. The Labute approximate surface area is 132 Å². The molecular formula is C15H17BrN2O3. The maximum Gasteiger partial charge on any atom is 0.262 e. The fourth-order valence-corrected chi connectivity index (χ4v) is 2.06. The molecule has 0 fully saturated rings. The maximum atomic E-state index is 11.9. The van der Waals surface area contributed by atoms with Crippen LogP contribution in [0, 0.1) is 11.3 Å². The number of phenolic OH excluding ortho intramolecular Hbond substituents is 1. The van der Waals surface area contributed by atoms with E-state index in [0.29, 0.717) is 22.4 Å². The zero-order valence-electron chi connectivity index (χ0n) is 12.1. The summed E-state index contributed by atoms with van der Waals surface area (Å²) < 4.78 is 5.74. The average molecular weight is 353 g/mol. The van der Waals surface area contributed by atoms with Crippen LogP contribution in [0.4, 0.5) is 0 Å². The molecular weight excluding hydrogens is 336 g/mol. The summed E-state index contributed by atoms with van der Waals surface area (Å²) in [5, 5.41) is 21.6. The van der Waals surface area contributed by atoms with Crippen molar-refractivity contribution in [3.05, 3.63) is 27.7 Å². The van der Waals surface area contributed by atoms with E-state index in [1.54, 1.807) is 19.1 Å². The molecule has 1 amide bonds. The van der Waals surface area contributed by atoms with Crippen LogP contribution >= 0.6 is 15.9 Å². The minimum Gasteiger partial charge on any atom is -0.503 e. The Hall–Kier alpha value is -2.00. The molecule has 112 valence electrons. The number of ether oxygens (including phenoxy) is 1. The van der Waals surface area contributed by atoms with Crippen molar-refractivity contribution in [1.82, 2.24) is 5.32 Å². The smallest absolute Gasteiger partial charge is 0.262 e. The molecule has 0 aromatic heterocycles. The molecule has 0 spiro atoms. The van der Waals surface area contributed by atoms with Crippen molar-refractivity contribution in [3.8, 4) is 17.6 Å². The number of hydrogen-bond donors (Lipinski definition) is 2. The first-order valence-corrected chi connectivity index (χ1v) is 7.26. The molecule has 0 atom stereocenters. The van der Waals surface area contributed by atoms with Gasteiger partial charge in [-0.15, -0.1) is 0 Å². The third-order valence-corrected chi connectivity index (χ3v) is 3.05. The highest BCUT2D eigenvalue weighted by Crippen LogP contribution is 2.36. The van der Waals surface area contributed by atoms with Crippen molar-refractivity contribution in [2.75, 3.05) is 6.61 Å². The molecule has 0 radical (unpaired) electrons. The summed E-state index contributed by atoms with van der Waals surface area (Å²) in [6.45, 7) is 5.83. The van der Waals surface area contributed by atoms with E-state index in [-0.39, 0.29) is 17.4 Å². The molecule has 0 aliphatic rings. The first kappa shape index (κ1) is 17.1. The van der Waals surface area contributed by atoms with Crippen LogP contribution in [0.1, 0.15) is 26.3 Å². The Kier molecular flexibility index (Phi) is 6.25. The summed E-state index contributed by atoms with van der Waals surface area (Å²) in [4.78, 5) is 11.9. The van der Waals surface area contributed by atoms with E-state index in [2.05, 4.69) is 21.2 Å². The molecule has 2 N–H and O–H groups in total. The number of rotatable bonds is 5. The van der Waals surface area contributed by atoms with Crippen LogP contribution in [-0.4, -0.2) is 23.7 Å². The second-order valence-electron chi connectivity index (χ2n) is 4.58. The van der Waals surface area contributed by atoms with Gasteiger partial charge < -0.3 is 15.2 Å². The van der Waals surface area contributed by atoms with Gasteiger partial charge in [0, 0.05) is 6.04 Å². The summed E-state index contributed by atoms with van der Waals surface area (Å²) in [6, 6.07) is 5.00. The van der Waals surface area contributed by atoms with Crippen molar-refractivity contribution < 1.29 is 14.6 Å². The zero-order valence-corrected chi connectivity index (χ0v) is 13.7. The Morgan fingerprint density at radius 2 is 2.24 bits per heavy atom. The molecule has 0 saturated carbocycles. The van der Waals surface area contributed by atoms with Gasteiger partial charge in [0.1, 0.15) is 11.6 Å². The van der Waals surface area contributed by atoms with Gasteiger partial charge in [-0.1, -0.05) is 0 Å². The normalized spacial score (nSPS) is 11.1. The first-order chi connectivity index (χ1) is 9.88. The topological polar surface area (TPSA) is 82.3 Å². The third-order valence-electron chi connectivity index (χ3n) is 2.45. The van der Waals surface area contributed by atoms with Gasteiger partial charge in [-0.3, -0.25) is 4.79 Å². The molecule has 0 bridgehead atoms. The lowest BCUT2D eigenvalue weighted by atomic mass is 10.1. The van der Waals surface area contributed by atoms with Gasteiger partial charge in [0.25, 0.3) is 5.91 Å². The van der Waals surface area contributed by atoms with Crippen molar-refractivity contribution in [2.45, 2.75) is 26.8 Å². The maximum absolute atomic E-state index is 11.9. The molecule has 6 heteroatoms. The third kappa shape index (κ3) is 4.80. The van der Waals surface area contributed by atoms with E-state index in [0.717, 1.165) is 0 Å². The van der Waals surface area contributed by atoms with E-state index >= 15 is 0 Å². The molecule has 0 aliphatic carbocycles. The summed E-state index contributed by atoms with van der Waals surface area (Å²) in [5.41, 5.74) is 0.572. The van der Waals surface area contributed by atoms with Crippen LogP contribution in [0.2, 0.25) is 0 Å². The Balaban J connectivity index is 3.17. The monoisotopic (exact) mass is 352 g/mol. The summed E-state index contributed by atoms with van der Waals surface area (Å²) >= 11 is 3.21.